The maximum atomic E-state index is 13.4. The fourth-order valence-electron chi connectivity index (χ4n) is 3.22. The lowest BCUT2D eigenvalue weighted by Crippen LogP contribution is -2.50. The number of halogens is 4. The van der Waals surface area contributed by atoms with E-state index >= 15 is 0 Å². The number of nitrogens with zero attached hydrogens (tertiary/aromatic N) is 3. The average Bonchev–Trinajstić information content (AvgIpc) is 2.66. The molecule has 1 aromatic heterocycles. The molecule has 1 aliphatic rings. The summed E-state index contributed by atoms with van der Waals surface area (Å²) in [5, 5.41) is 28.2. The van der Waals surface area contributed by atoms with E-state index < -0.39 is 40.5 Å². The van der Waals surface area contributed by atoms with Gasteiger partial charge in [-0.25, -0.2) is 9.59 Å². The Bertz CT molecular complexity index is 1040. The smallest absolute Gasteiger partial charge is 0.417 e. The lowest BCUT2D eigenvalue weighted by molar-refractivity contribution is -0.137. The molecule has 1 unspecified atom stereocenters. The standard InChI is InChI=1S/C17H18ClF3N4O5S/c18-11-10(17(19,20)21)5-9-12(22-15(28)23-14(9)27)13(11)31-7-8(26)6-24-1-3-25(4-2-24)16(29)30/h5,8,26H,1-4,6-7H2,(H,29,30)(H2,22,23,27,28). The normalized spacial score (nSPS) is 16.6. The number of aromatic amines is 1. The molecule has 0 saturated carbocycles. The zero-order valence-corrected chi connectivity index (χ0v) is 17.4. The first-order valence-corrected chi connectivity index (χ1v) is 10.4. The highest BCUT2D eigenvalue weighted by Crippen LogP contribution is 2.44. The molecule has 1 fully saturated rings. The van der Waals surface area contributed by atoms with Crippen LogP contribution in [0.25, 0.3) is 10.9 Å². The van der Waals surface area contributed by atoms with Gasteiger partial charge in [-0.3, -0.25) is 4.90 Å². The SMILES string of the molecule is O=C(O)N1CCN(CC(O)CSc2c(Cl)c(C(F)(F)F)cc3c(O)nc(=O)[nH]c23)CC1. The summed E-state index contributed by atoms with van der Waals surface area (Å²) in [7, 11) is 0. The van der Waals surface area contributed by atoms with Gasteiger partial charge in [0.15, 0.2) is 0 Å². The van der Waals surface area contributed by atoms with E-state index in [1.54, 1.807) is 0 Å². The number of carbonyl (C=O) groups is 1. The van der Waals surface area contributed by atoms with Crippen LogP contribution < -0.4 is 5.69 Å². The number of carboxylic acid groups (broad SMARTS) is 1. The van der Waals surface area contributed by atoms with Crippen molar-refractivity contribution in [1.82, 2.24) is 19.8 Å². The van der Waals surface area contributed by atoms with E-state index in [1.165, 1.54) is 4.90 Å². The van der Waals surface area contributed by atoms with Gasteiger partial charge in [-0.05, 0) is 6.07 Å². The molecule has 0 aliphatic carbocycles. The van der Waals surface area contributed by atoms with E-state index in [1.807, 2.05) is 4.90 Å². The van der Waals surface area contributed by atoms with Crippen molar-refractivity contribution in [3.63, 3.8) is 0 Å². The molecule has 4 N–H and O–H groups in total. The number of fused-ring (bicyclic) bond motifs is 1. The number of aliphatic hydroxyl groups excluding tert-OH is 1. The second-order valence-electron chi connectivity index (χ2n) is 6.89. The summed E-state index contributed by atoms with van der Waals surface area (Å²) in [6, 6.07) is 0.609. The fraction of sp³-hybridized carbons (Fsp3) is 0.471. The van der Waals surface area contributed by atoms with Crippen LogP contribution in [0.4, 0.5) is 18.0 Å². The van der Waals surface area contributed by atoms with E-state index in [4.69, 9.17) is 16.7 Å². The number of thioether (sulfide) groups is 1. The van der Waals surface area contributed by atoms with E-state index in [0.29, 0.717) is 19.2 Å². The molecule has 1 atom stereocenters. The Balaban J connectivity index is 1.80. The molecule has 0 spiro atoms. The van der Waals surface area contributed by atoms with Crippen molar-refractivity contribution >= 4 is 40.4 Å². The average molecular weight is 483 g/mol. The number of β-amino-alcohol motifs (C(OH)–C–C–N with tert-alkyl or cyclic N) is 1. The zero-order valence-electron chi connectivity index (χ0n) is 15.8. The zero-order chi connectivity index (χ0) is 22.9. The number of H-pyrrole nitrogens is 1. The highest BCUT2D eigenvalue weighted by atomic mass is 35.5. The third-order valence-electron chi connectivity index (χ3n) is 4.74. The number of aromatic nitrogens is 2. The lowest BCUT2D eigenvalue weighted by atomic mass is 10.1. The Hall–Kier alpha value is -2.22. The van der Waals surface area contributed by atoms with Gasteiger partial charge in [0.1, 0.15) is 0 Å². The van der Waals surface area contributed by atoms with Crippen molar-refractivity contribution in [2.45, 2.75) is 17.2 Å². The molecule has 14 heteroatoms. The van der Waals surface area contributed by atoms with Gasteiger partial charge in [-0.1, -0.05) is 11.6 Å². The number of amides is 1. The number of hydrogen-bond donors (Lipinski definition) is 4. The summed E-state index contributed by atoms with van der Waals surface area (Å²) in [5.74, 6) is -0.917. The van der Waals surface area contributed by atoms with Crippen molar-refractivity contribution < 1.29 is 33.3 Å². The van der Waals surface area contributed by atoms with Crippen LogP contribution in [0.5, 0.6) is 5.88 Å². The van der Waals surface area contributed by atoms with Gasteiger partial charge in [0, 0.05) is 38.5 Å². The van der Waals surface area contributed by atoms with Crippen molar-refractivity contribution in [2.75, 3.05) is 38.5 Å². The predicted molar refractivity (Wildman–Crippen MR) is 107 cm³/mol. The number of piperazine rings is 1. The van der Waals surface area contributed by atoms with Crippen LogP contribution >= 0.6 is 23.4 Å². The van der Waals surface area contributed by atoms with Crippen LogP contribution in [0, 0.1) is 0 Å². The number of hydrogen-bond acceptors (Lipinski definition) is 7. The molecule has 1 aromatic carbocycles. The first-order chi connectivity index (χ1) is 14.5. The van der Waals surface area contributed by atoms with Gasteiger partial charge in [0.2, 0.25) is 5.88 Å². The van der Waals surface area contributed by atoms with Crippen molar-refractivity contribution in [2.24, 2.45) is 0 Å². The summed E-state index contributed by atoms with van der Waals surface area (Å²) >= 11 is 6.78. The third kappa shape index (κ3) is 5.34. The summed E-state index contributed by atoms with van der Waals surface area (Å²) in [6.07, 6.45) is -6.80. The van der Waals surface area contributed by atoms with Crippen molar-refractivity contribution in [3.8, 4) is 5.88 Å². The number of rotatable bonds is 5. The maximum absolute atomic E-state index is 13.4. The summed E-state index contributed by atoms with van der Waals surface area (Å²) < 4.78 is 40.2. The molecule has 170 valence electrons. The third-order valence-corrected chi connectivity index (χ3v) is 6.49. The number of aliphatic hydroxyl groups is 1. The number of aromatic hydroxyl groups is 1. The molecule has 1 aliphatic heterocycles. The van der Waals surface area contributed by atoms with Crippen LogP contribution in [-0.4, -0.2) is 85.8 Å². The van der Waals surface area contributed by atoms with Gasteiger partial charge in [-0.2, -0.15) is 18.2 Å². The molecule has 9 nitrogen and oxygen atoms in total. The van der Waals surface area contributed by atoms with Gasteiger partial charge in [0.25, 0.3) is 0 Å². The number of benzene rings is 1. The minimum atomic E-state index is -4.81. The molecule has 1 amide bonds. The second-order valence-corrected chi connectivity index (χ2v) is 8.30. The molecule has 3 rings (SSSR count). The monoisotopic (exact) mass is 482 g/mol. The Morgan fingerprint density at radius 3 is 2.55 bits per heavy atom. The van der Waals surface area contributed by atoms with Crippen molar-refractivity contribution in [1.29, 1.82) is 0 Å². The topological polar surface area (TPSA) is 130 Å². The van der Waals surface area contributed by atoms with Gasteiger partial charge in [0.05, 0.1) is 32.5 Å². The largest absolute Gasteiger partial charge is 0.493 e. The molecular weight excluding hydrogens is 465 g/mol. The first-order valence-electron chi connectivity index (χ1n) is 9.01. The van der Waals surface area contributed by atoms with E-state index in [-0.39, 0.29) is 41.2 Å². The van der Waals surface area contributed by atoms with Crippen LogP contribution in [0.15, 0.2) is 15.8 Å². The highest BCUT2D eigenvalue weighted by Gasteiger charge is 2.36. The maximum Gasteiger partial charge on any atom is 0.417 e. The lowest BCUT2D eigenvalue weighted by Gasteiger charge is -2.34. The molecule has 31 heavy (non-hydrogen) atoms. The Kier molecular flexibility index (Phi) is 6.88. The molecule has 0 bridgehead atoms. The second kappa shape index (κ2) is 9.10. The Morgan fingerprint density at radius 2 is 1.97 bits per heavy atom. The summed E-state index contributed by atoms with van der Waals surface area (Å²) in [5.41, 5.74) is -2.27. The molecule has 2 heterocycles. The quantitative estimate of drug-likeness (QED) is 0.476. The van der Waals surface area contributed by atoms with Crippen LogP contribution in [0.1, 0.15) is 5.56 Å². The Labute approximate surface area is 182 Å². The number of alkyl halides is 3. The van der Waals surface area contributed by atoms with Crippen LogP contribution in [-0.2, 0) is 6.18 Å². The van der Waals surface area contributed by atoms with Crippen LogP contribution in [0.3, 0.4) is 0 Å². The summed E-state index contributed by atoms with van der Waals surface area (Å²) in [4.78, 5) is 31.0. The number of nitrogens with one attached hydrogen (secondary N) is 1. The van der Waals surface area contributed by atoms with Gasteiger partial charge < -0.3 is 25.2 Å². The fourth-order valence-corrected chi connectivity index (χ4v) is 4.65. The van der Waals surface area contributed by atoms with Gasteiger partial charge in [-0.15, -0.1) is 11.8 Å². The molecule has 1 saturated heterocycles. The van der Waals surface area contributed by atoms with E-state index in [2.05, 4.69) is 9.97 Å². The van der Waals surface area contributed by atoms with Gasteiger partial charge >= 0.3 is 18.0 Å². The molecular formula is C17H18ClF3N4O5S. The van der Waals surface area contributed by atoms with Crippen molar-refractivity contribution in [3.05, 3.63) is 27.1 Å². The minimum Gasteiger partial charge on any atom is -0.493 e. The minimum absolute atomic E-state index is 0.0552. The Morgan fingerprint density at radius 1 is 1.32 bits per heavy atom. The summed E-state index contributed by atoms with van der Waals surface area (Å²) in [6.45, 7) is 1.57. The van der Waals surface area contributed by atoms with Crippen LogP contribution in [0.2, 0.25) is 5.02 Å². The molecule has 2 aromatic rings. The molecule has 0 radical (unpaired) electrons. The van der Waals surface area contributed by atoms with E-state index in [0.717, 1.165) is 11.8 Å². The highest BCUT2D eigenvalue weighted by molar-refractivity contribution is 7.99. The van der Waals surface area contributed by atoms with E-state index in [9.17, 15) is 33.0 Å². The predicted octanol–water partition coefficient (Wildman–Crippen LogP) is 2.05. The first kappa shape index (κ1) is 23.4.